The lowest BCUT2D eigenvalue weighted by Gasteiger charge is -2.22. The third-order valence-corrected chi connectivity index (χ3v) is 2.51. The van der Waals surface area contributed by atoms with Crippen molar-refractivity contribution in [3.8, 4) is 0 Å². The summed E-state index contributed by atoms with van der Waals surface area (Å²) in [5, 5.41) is 0. The summed E-state index contributed by atoms with van der Waals surface area (Å²) in [5.41, 5.74) is 1.14. The summed E-state index contributed by atoms with van der Waals surface area (Å²) in [6.07, 6.45) is 2.23. The van der Waals surface area contributed by atoms with Gasteiger partial charge in [-0.05, 0) is 19.4 Å². The van der Waals surface area contributed by atoms with E-state index in [1.165, 1.54) is 6.08 Å². The van der Waals surface area contributed by atoms with Crippen molar-refractivity contribution in [3.05, 3.63) is 35.1 Å². The fourth-order valence-corrected chi connectivity index (χ4v) is 1.69. The highest BCUT2D eigenvalue weighted by Crippen LogP contribution is 2.34. The molecular formula is C11H10F3N. The lowest BCUT2D eigenvalue weighted by atomic mass is 9.90. The molecule has 4 heteroatoms. The molecule has 0 saturated heterocycles. The lowest BCUT2D eigenvalue weighted by molar-refractivity contribution is -0.0861. The molecule has 1 nitrogen and oxygen atoms in total. The number of allylic oxidation sites excluding steroid dienone is 5. The van der Waals surface area contributed by atoms with Crippen LogP contribution in [0.2, 0.25) is 0 Å². The van der Waals surface area contributed by atoms with Gasteiger partial charge < -0.3 is 0 Å². The molecule has 1 heterocycles. The Hall–Kier alpha value is -1.32. The molecule has 0 spiro atoms. The largest absolute Gasteiger partial charge is 0.417 e. The number of fused-ring (bicyclic) bond motifs is 1. The second-order valence-corrected chi connectivity index (χ2v) is 3.74. The quantitative estimate of drug-likeness (QED) is 0.584. The van der Waals surface area contributed by atoms with Gasteiger partial charge in [0.15, 0.2) is 0 Å². The molecule has 0 aromatic carbocycles. The second kappa shape index (κ2) is 3.36. The fourth-order valence-electron chi connectivity index (χ4n) is 1.69. The number of alkyl halides is 3. The van der Waals surface area contributed by atoms with E-state index in [0.29, 0.717) is 6.42 Å². The molecule has 2 rings (SSSR count). The normalized spacial score (nSPS) is 25.3. The van der Waals surface area contributed by atoms with Crippen molar-refractivity contribution in [3.63, 3.8) is 0 Å². The first-order valence-electron chi connectivity index (χ1n) is 4.68. The Morgan fingerprint density at radius 1 is 1.40 bits per heavy atom. The van der Waals surface area contributed by atoms with Gasteiger partial charge in [0.05, 0.1) is 5.57 Å². The average molecular weight is 213 g/mol. The highest BCUT2D eigenvalue weighted by molar-refractivity contribution is 5.82. The number of hydrogen-bond acceptors (Lipinski definition) is 1. The lowest BCUT2D eigenvalue weighted by Crippen LogP contribution is -2.19. The van der Waals surface area contributed by atoms with Crippen molar-refractivity contribution >= 4 is 6.21 Å². The summed E-state index contributed by atoms with van der Waals surface area (Å²) < 4.78 is 37.1. The van der Waals surface area contributed by atoms with Crippen LogP contribution >= 0.6 is 0 Å². The summed E-state index contributed by atoms with van der Waals surface area (Å²) in [6.45, 7) is 1.92. The highest BCUT2D eigenvalue weighted by atomic mass is 19.4. The molecule has 0 fully saturated rings. The summed E-state index contributed by atoms with van der Waals surface area (Å²) in [6, 6.07) is 0. The third kappa shape index (κ3) is 2.03. The van der Waals surface area contributed by atoms with Crippen LogP contribution in [0.3, 0.4) is 0 Å². The molecule has 1 atom stereocenters. The minimum Gasteiger partial charge on any atom is -0.260 e. The first-order valence-corrected chi connectivity index (χ1v) is 4.68. The number of dihydropyridines is 1. The van der Waals surface area contributed by atoms with Gasteiger partial charge >= 0.3 is 6.18 Å². The Morgan fingerprint density at radius 3 is 2.80 bits per heavy atom. The molecule has 2 aliphatic rings. The Balaban J connectivity index is 2.29. The zero-order valence-corrected chi connectivity index (χ0v) is 8.17. The Morgan fingerprint density at radius 2 is 2.13 bits per heavy atom. The minimum atomic E-state index is -4.29. The van der Waals surface area contributed by atoms with Gasteiger partial charge in [-0.2, -0.15) is 13.2 Å². The molecule has 1 aliphatic carbocycles. The number of nitrogens with zero attached hydrogens (tertiary/aromatic N) is 1. The molecular weight excluding hydrogens is 203 g/mol. The van der Waals surface area contributed by atoms with Crippen LogP contribution in [0.4, 0.5) is 13.2 Å². The van der Waals surface area contributed by atoms with Crippen molar-refractivity contribution in [2.24, 2.45) is 10.9 Å². The average Bonchev–Trinajstić information content (AvgIpc) is 2.15. The maximum atomic E-state index is 12.4. The smallest absolute Gasteiger partial charge is 0.260 e. The number of halogens is 3. The zero-order valence-electron chi connectivity index (χ0n) is 8.17. The molecule has 0 radical (unpaired) electrons. The fraction of sp³-hybridized carbons (Fsp3) is 0.364. The van der Waals surface area contributed by atoms with E-state index in [1.54, 1.807) is 0 Å². The molecule has 80 valence electrons. The molecule has 0 amide bonds. The highest BCUT2D eigenvalue weighted by Gasteiger charge is 2.35. The van der Waals surface area contributed by atoms with Crippen LogP contribution in [-0.2, 0) is 0 Å². The van der Waals surface area contributed by atoms with Gasteiger partial charge in [0.25, 0.3) is 0 Å². The Labute approximate surface area is 85.7 Å². The predicted molar refractivity (Wildman–Crippen MR) is 52.6 cm³/mol. The minimum absolute atomic E-state index is 0.213. The van der Waals surface area contributed by atoms with E-state index in [9.17, 15) is 13.2 Å². The molecule has 0 N–H and O–H groups in total. The van der Waals surface area contributed by atoms with Crippen LogP contribution in [0, 0.1) is 5.92 Å². The van der Waals surface area contributed by atoms with Gasteiger partial charge in [0, 0.05) is 17.8 Å². The molecule has 0 aromatic heterocycles. The summed E-state index contributed by atoms with van der Waals surface area (Å²) >= 11 is 0. The molecule has 15 heavy (non-hydrogen) atoms. The first kappa shape index (κ1) is 10.2. The van der Waals surface area contributed by atoms with E-state index in [1.807, 2.05) is 19.1 Å². The summed E-state index contributed by atoms with van der Waals surface area (Å²) in [7, 11) is 0. The molecule has 1 unspecified atom stereocenters. The van der Waals surface area contributed by atoms with Crippen molar-refractivity contribution < 1.29 is 13.2 Å². The number of aliphatic imine (C=N–C) groups is 1. The Kier molecular flexibility index (Phi) is 2.29. The standard InChI is InChI=1S/C11H10F3N/c1-7-2-3-8-5-9(11(12,13)14)6-15-10(8)4-7/h2,4-6,8H,3H2,1H3. The van der Waals surface area contributed by atoms with Crippen molar-refractivity contribution in [1.82, 2.24) is 0 Å². The van der Waals surface area contributed by atoms with E-state index in [-0.39, 0.29) is 5.92 Å². The van der Waals surface area contributed by atoms with Crippen LogP contribution in [0.1, 0.15) is 13.3 Å². The van der Waals surface area contributed by atoms with Gasteiger partial charge in [-0.25, -0.2) is 0 Å². The molecule has 0 bridgehead atoms. The van der Waals surface area contributed by atoms with E-state index in [2.05, 4.69) is 4.99 Å². The molecule has 0 saturated carbocycles. The first-order chi connectivity index (χ1) is 6.97. The van der Waals surface area contributed by atoms with E-state index in [0.717, 1.165) is 17.5 Å². The van der Waals surface area contributed by atoms with Crippen molar-refractivity contribution in [1.29, 1.82) is 0 Å². The summed E-state index contributed by atoms with van der Waals surface area (Å²) in [4.78, 5) is 3.86. The van der Waals surface area contributed by atoms with Crippen molar-refractivity contribution in [2.75, 3.05) is 0 Å². The predicted octanol–water partition coefficient (Wildman–Crippen LogP) is 3.41. The van der Waals surface area contributed by atoms with Gasteiger partial charge in [0.1, 0.15) is 0 Å². The SMILES string of the molecule is CC1=CCC2C=C(C(F)(F)F)C=NC2=C1. The Bertz CT molecular complexity index is 397. The van der Waals surface area contributed by atoms with Crippen LogP contribution in [-0.4, -0.2) is 12.4 Å². The van der Waals surface area contributed by atoms with Crippen LogP contribution in [0.15, 0.2) is 40.1 Å². The van der Waals surface area contributed by atoms with E-state index in [4.69, 9.17) is 0 Å². The maximum absolute atomic E-state index is 12.4. The van der Waals surface area contributed by atoms with Crippen LogP contribution in [0.5, 0.6) is 0 Å². The zero-order chi connectivity index (χ0) is 11.1. The number of hydrogen-bond donors (Lipinski definition) is 0. The van der Waals surface area contributed by atoms with Gasteiger partial charge in [-0.15, -0.1) is 0 Å². The van der Waals surface area contributed by atoms with Gasteiger partial charge in [-0.3, -0.25) is 4.99 Å². The number of rotatable bonds is 0. The second-order valence-electron chi connectivity index (χ2n) is 3.74. The maximum Gasteiger partial charge on any atom is 0.417 e. The molecule has 0 aromatic rings. The molecule has 1 aliphatic heterocycles. The van der Waals surface area contributed by atoms with Crippen LogP contribution in [0.25, 0.3) is 0 Å². The summed E-state index contributed by atoms with van der Waals surface area (Å²) in [5.74, 6) is -0.213. The topological polar surface area (TPSA) is 12.4 Å². The van der Waals surface area contributed by atoms with Gasteiger partial charge in [0.2, 0.25) is 0 Å². The van der Waals surface area contributed by atoms with Gasteiger partial charge in [-0.1, -0.05) is 17.7 Å². The van der Waals surface area contributed by atoms with Crippen molar-refractivity contribution in [2.45, 2.75) is 19.5 Å². The van der Waals surface area contributed by atoms with E-state index < -0.39 is 11.7 Å². The van der Waals surface area contributed by atoms with E-state index >= 15 is 0 Å². The van der Waals surface area contributed by atoms with Crippen LogP contribution < -0.4 is 0 Å². The third-order valence-electron chi connectivity index (χ3n) is 2.51. The monoisotopic (exact) mass is 213 g/mol.